The van der Waals surface area contributed by atoms with Gasteiger partial charge in [-0.2, -0.15) is 18.2 Å². The van der Waals surface area contributed by atoms with Crippen LogP contribution in [0.1, 0.15) is 12.5 Å². The number of nitrogens with zero attached hydrogens (tertiary/aromatic N) is 1. The molecule has 0 aromatic carbocycles. The van der Waals surface area contributed by atoms with E-state index in [4.69, 9.17) is 4.74 Å². The number of hydrogen-bond donors (Lipinski definition) is 1. The highest BCUT2D eigenvalue weighted by Crippen LogP contribution is 2.32. The van der Waals surface area contributed by atoms with Crippen LogP contribution in [0, 0.1) is 0 Å². The summed E-state index contributed by atoms with van der Waals surface area (Å²) in [6.45, 7) is 4.98. The van der Waals surface area contributed by atoms with Gasteiger partial charge in [-0.05, 0) is 19.1 Å². The molecule has 0 aliphatic carbocycles. The van der Waals surface area contributed by atoms with Crippen molar-refractivity contribution in [3.63, 3.8) is 0 Å². The quantitative estimate of drug-likeness (QED) is 0.846. The second-order valence-corrected chi connectivity index (χ2v) is 3.20. The second kappa shape index (κ2) is 5.52. The summed E-state index contributed by atoms with van der Waals surface area (Å²) in [7, 11) is 0. The first-order valence-corrected chi connectivity index (χ1v) is 5.02. The molecule has 98 valence electrons. The van der Waals surface area contributed by atoms with Gasteiger partial charge >= 0.3 is 6.18 Å². The van der Waals surface area contributed by atoms with E-state index in [2.05, 4.69) is 16.9 Å². The van der Waals surface area contributed by atoms with Gasteiger partial charge in [-0.1, -0.05) is 6.58 Å². The number of aromatic nitrogens is 1. The molecular formula is C11H11F3N2O2. The van der Waals surface area contributed by atoms with Gasteiger partial charge in [-0.3, -0.25) is 4.79 Å². The van der Waals surface area contributed by atoms with E-state index in [1.165, 1.54) is 0 Å². The van der Waals surface area contributed by atoms with Crippen LogP contribution in [-0.4, -0.2) is 17.5 Å². The van der Waals surface area contributed by atoms with Crippen LogP contribution in [0.25, 0.3) is 0 Å². The van der Waals surface area contributed by atoms with Crippen LogP contribution in [-0.2, 0) is 11.0 Å². The molecule has 0 spiro atoms. The number of pyridine rings is 1. The Kier molecular flexibility index (Phi) is 4.30. The minimum absolute atomic E-state index is 0.170. The topological polar surface area (TPSA) is 51.2 Å². The minimum atomic E-state index is -4.54. The van der Waals surface area contributed by atoms with Gasteiger partial charge in [0.15, 0.2) is 0 Å². The Bertz CT molecular complexity index is 458. The Labute approximate surface area is 101 Å². The summed E-state index contributed by atoms with van der Waals surface area (Å²) in [5.41, 5.74) is -0.944. The molecule has 0 radical (unpaired) electrons. The summed E-state index contributed by atoms with van der Waals surface area (Å²) in [6, 6.07) is 1.50. The van der Waals surface area contributed by atoms with Crippen LogP contribution in [0.4, 0.5) is 19.0 Å². The van der Waals surface area contributed by atoms with Crippen molar-refractivity contribution in [2.45, 2.75) is 13.1 Å². The Morgan fingerprint density at radius 2 is 2.22 bits per heavy atom. The predicted molar refractivity (Wildman–Crippen MR) is 59.2 cm³/mol. The fourth-order valence-corrected chi connectivity index (χ4v) is 1.13. The third-order valence-electron chi connectivity index (χ3n) is 1.86. The molecule has 0 fully saturated rings. The Morgan fingerprint density at radius 3 is 2.72 bits per heavy atom. The van der Waals surface area contributed by atoms with Crippen LogP contribution in [0.15, 0.2) is 24.8 Å². The molecule has 7 heteroatoms. The zero-order chi connectivity index (χ0) is 13.8. The average molecular weight is 260 g/mol. The zero-order valence-electron chi connectivity index (χ0n) is 9.54. The van der Waals surface area contributed by atoms with Crippen molar-refractivity contribution in [2.24, 2.45) is 0 Å². The molecule has 0 aliphatic rings. The van der Waals surface area contributed by atoms with Gasteiger partial charge in [0.1, 0.15) is 5.82 Å². The normalized spacial score (nSPS) is 10.9. The molecule has 0 bridgehead atoms. The number of amides is 1. The lowest BCUT2D eigenvalue weighted by atomic mass is 10.2. The fourth-order valence-electron chi connectivity index (χ4n) is 1.13. The van der Waals surface area contributed by atoms with E-state index in [0.29, 0.717) is 0 Å². The maximum absolute atomic E-state index is 12.6. The Morgan fingerprint density at radius 1 is 1.56 bits per heavy atom. The molecule has 1 aromatic rings. The predicted octanol–water partition coefficient (Wildman–Crippen LogP) is 2.62. The molecular weight excluding hydrogens is 249 g/mol. The third-order valence-corrected chi connectivity index (χ3v) is 1.86. The highest BCUT2D eigenvalue weighted by Gasteiger charge is 2.32. The SMILES string of the molecule is C=CC(=O)Nc1cc(C(F)(F)F)cc(OCC)n1. The monoisotopic (exact) mass is 260 g/mol. The summed E-state index contributed by atoms with van der Waals surface area (Å²) in [6.07, 6.45) is -3.61. The third kappa shape index (κ3) is 3.76. The number of carbonyl (C=O) groups is 1. The molecule has 4 nitrogen and oxygen atoms in total. The highest BCUT2D eigenvalue weighted by atomic mass is 19.4. The number of alkyl halides is 3. The summed E-state index contributed by atoms with van der Waals surface area (Å²) in [4.78, 5) is 14.7. The molecule has 0 unspecified atom stereocenters. The van der Waals surface area contributed by atoms with Gasteiger partial charge in [-0.25, -0.2) is 0 Å². The van der Waals surface area contributed by atoms with E-state index in [-0.39, 0.29) is 18.3 Å². The molecule has 18 heavy (non-hydrogen) atoms. The number of hydrogen-bond acceptors (Lipinski definition) is 3. The molecule has 0 atom stereocenters. The second-order valence-electron chi connectivity index (χ2n) is 3.20. The lowest BCUT2D eigenvalue weighted by Gasteiger charge is -2.11. The minimum Gasteiger partial charge on any atom is -0.478 e. The van der Waals surface area contributed by atoms with Crippen LogP contribution in [0.2, 0.25) is 0 Å². The average Bonchev–Trinajstić information content (AvgIpc) is 2.27. The Hall–Kier alpha value is -2.05. The number of nitrogens with one attached hydrogen (secondary N) is 1. The van der Waals surface area contributed by atoms with Crippen LogP contribution < -0.4 is 10.1 Å². The first kappa shape index (κ1) is 14.0. The van der Waals surface area contributed by atoms with Crippen molar-refractivity contribution >= 4 is 11.7 Å². The summed E-state index contributed by atoms with van der Waals surface area (Å²) >= 11 is 0. The highest BCUT2D eigenvalue weighted by molar-refractivity contribution is 5.98. The van der Waals surface area contributed by atoms with E-state index in [1.54, 1.807) is 6.92 Å². The van der Waals surface area contributed by atoms with Gasteiger partial charge in [0.05, 0.1) is 12.2 Å². The maximum atomic E-state index is 12.6. The van der Waals surface area contributed by atoms with E-state index >= 15 is 0 Å². The van der Waals surface area contributed by atoms with Crippen molar-refractivity contribution in [1.82, 2.24) is 4.98 Å². The summed E-state index contributed by atoms with van der Waals surface area (Å²) < 4.78 is 42.7. The molecule has 1 amide bonds. The van der Waals surface area contributed by atoms with E-state index in [1.807, 2.05) is 0 Å². The standard InChI is InChI=1S/C11H11F3N2O2/c1-3-9(17)15-8-5-7(11(12,13)14)6-10(16-8)18-4-2/h3,5-6H,1,4H2,2H3,(H,15,16,17). The molecule has 1 rings (SSSR count). The molecule has 1 heterocycles. The van der Waals surface area contributed by atoms with Gasteiger partial charge in [0, 0.05) is 6.07 Å². The first-order valence-electron chi connectivity index (χ1n) is 5.02. The molecule has 0 saturated carbocycles. The van der Waals surface area contributed by atoms with Crippen molar-refractivity contribution in [3.05, 3.63) is 30.4 Å². The number of rotatable bonds is 4. The zero-order valence-corrected chi connectivity index (χ0v) is 9.54. The van der Waals surface area contributed by atoms with Gasteiger partial charge in [-0.15, -0.1) is 0 Å². The van der Waals surface area contributed by atoms with Crippen molar-refractivity contribution < 1.29 is 22.7 Å². The van der Waals surface area contributed by atoms with Crippen molar-refractivity contribution in [2.75, 3.05) is 11.9 Å². The van der Waals surface area contributed by atoms with Gasteiger partial charge in [0.25, 0.3) is 0 Å². The van der Waals surface area contributed by atoms with Crippen molar-refractivity contribution in [3.8, 4) is 5.88 Å². The number of ether oxygens (including phenoxy) is 1. The lowest BCUT2D eigenvalue weighted by molar-refractivity contribution is -0.137. The largest absolute Gasteiger partial charge is 0.478 e. The molecule has 0 aliphatic heterocycles. The number of anilines is 1. The lowest BCUT2D eigenvalue weighted by Crippen LogP contribution is -2.12. The van der Waals surface area contributed by atoms with Gasteiger partial charge < -0.3 is 10.1 Å². The first-order chi connectivity index (χ1) is 8.36. The Balaban J connectivity index is 3.13. The molecule has 1 aromatic heterocycles. The molecule has 0 saturated heterocycles. The van der Waals surface area contributed by atoms with Crippen molar-refractivity contribution in [1.29, 1.82) is 0 Å². The van der Waals surface area contributed by atoms with Crippen LogP contribution in [0.5, 0.6) is 5.88 Å². The van der Waals surface area contributed by atoms with Crippen LogP contribution >= 0.6 is 0 Å². The van der Waals surface area contributed by atoms with E-state index in [0.717, 1.165) is 18.2 Å². The van der Waals surface area contributed by atoms with Gasteiger partial charge in [0.2, 0.25) is 11.8 Å². The maximum Gasteiger partial charge on any atom is 0.416 e. The number of carbonyl (C=O) groups excluding carboxylic acids is 1. The summed E-state index contributed by atoms with van der Waals surface area (Å²) in [5, 5.41) is 2.15. The molecule has 1 N–H and O–H groups in total. The van der Waals surface area contributed by atoms with E-state index in [9.17, 15) is 18.0 Å². The van der Waals surface area contributed by atoms with E-state index < -0.39 is 17.6 Å². The fraction of sp³-hybridized carbons (Fsp3) is 0.273. The smallest absolute Gasteiger partial charge is 0.416 e. The number of halogens is 3. The van der Waals surface area contributed by atoms with Crippen LogP contribution in [0.3, 0.4) is 0 Å². The summed E-state index contributed by atoms with van der Waals surface area (Å²) in [5.74, 6) is -1.09.